The van der Waals surface area contributed by atoms with Crippen LogP contribution in [0.1, 0.15) is 34.3 Å². The summed E-state index contributed by atoms with van der Waals surface area (Å²) in [7, 11) is 0. The summed E-state index contributed by atoms with van der Waals surface area (Å²) >= 11 is 0. The van der Waals surface area contributed by atoms with Gasteiger partial charge in [-0.3, -0.25) is 4.79 Å². The van der Waals surface area contributed by atoms with Crippen molar-refractivity contribution in [2.45, 2.75) is 12.8 Å². The number of carbonyl (C=O) groups excluding carboxylic acids is 1. The summed E-state index contributed by atoms with van der Waals surface area (Å²) in [6, 6.07) is 16.7. The zero-order valence-electron chi connectivity index (χ0n) is 15.2. The molecule has 7 heteroatoms. The first-order chi connectivity index (χ1) is 13.5. The van der Waals surface area contributed by atoms with E-state index in [4.69, 9.17) is 5.73 Å². The Morgan fingerprint density at radius 2 is 1.96 bits per heavy atom. The Bertz CT molecular complexity index is 1040. The van der Waals surface area contributed by atoms with Gasteiger partial charge in [0.05, 0.1) is 11.3 Å². The summed E-state index contributed by atoms with van der Waals surface area (Å²) in [5.41, 5.74) is 8.08. The van der Waals surface area contributed by atoms with Crippen molar-refractivity contribution in [2.24, 2.45) is 5.73 Å². The van der Waals surface area contributed by atoms with Gasteiger partial charge in [-0.1, -0.05) is 31.2 Å². The van der Waals surface area contributed by atoms with Crippen molar-refractivity contribution in [1.82, 2.24) is 10.2 Å². The molecule has 1 aromatic heterocycles. The van der Waals surface area contributed by atoms with Gasteiger partial charge in [-0.15, -0.1) is 10.2 Å². The van der Waals surface area contributed by atoms with E-state index in [0.29, 0.717) is 34.7 Å². The van der Waals surface area contributed by atoms with Gasteiger partial charge in [-0.2, -0.15) is 5.26 Å². The average Bonchev–Trinajstić information content (AvgIpc) is 2.72. The van der Waals surface area contributed by atoms with Crippen LogP contribution in [0.2, 0.25) is 0 Å². The lowest BCUT2D eigenvalue weighted by molar-refractivity contribution is 0.100. The number of nitrogens with zero attached hydrogens (tertiary/aromatic N) is 3. The molecule has 3 rings (SSSR count). The van der Waals surface area contributed by atoms with Crippen LogP contribution < -0.4 is 11.1 Å². The number of rotatable bonds is 6. The third-order valence-corrected chi connectivity index (χ3v) is 4.37. The normalized spacial score (nSPS) is 11.5. The van der Waals surface area contributed by atoms with Gasteiger partial charge in [0.15, 0.2) is 5.82 Å². The monoisotopic (exact) mass is 375 g/mol. The summed E-state index contributed by atoms with van der Waals surface area (Å²) in [5, 5.41) is 20.9. The highest BCUT2D eigenvalue weighted by molar-refractivity contribution is 5.94. The summed E-state index contributed by atoms with van der Waals surface area (Å²) in [5.74, 6) is -0.368. The fourth-order valence-electron chi connectivity index (χ4n) is 2.74. The molecule has 140 valence electrons. The smallest absolute Gasteiger partial charge is 0.248 e. The second-order valence-corrected chi connectivity index (χ2v) is 6.38. The van der Waals surface area contributed by atoms with Crippen LogP contribution in [0.5, 0.6) is 0 Å². The Labute approximate surface area is 161 Å². The average molecular weight is 375 g/mol. The lowest BCUT2D eigenvalue weighted by atomic mass is 10.0. The molecule has 0 fully saturated rings. The molecule has 0 radical (unpaired) electrons. The zero-order valence-corrected chi connectivity index (χ0v) is 15.2. The topological polar surface area (TPSA) is 105 Å². The fraction of sp³-hybridized carbons (Fsp3) is 0.143. The van der Waals surface area contributed by atoms with Crippen LogP contribution in [0.25, 0.3) is 11.3 Å². The predicted molar refractivity (Wildman–Crippen MR) is 104 cm³/mol. The van der Waals surface area contributed by atoms with Crippen molar-refractivity contribution in [3.8, 4) is 17.3 Å². The third-order valence-electron chi connectivity index (χ3n) is 4.37. The van der Waals surface area contributed by atoms with Crippen LogP contribution in [-0.4, -0.2) is 22.6 Å². The molecule has 1 unspecified atom stereocenters. The molecular weight excluding hydrogens is 357 g/mol. The molecule has 1 amide bonds. The SMILES string of the molecule is CC(CNc1nnc(-c2cccc(C(N)=O)c2)cc1C#N)c1ccc(F)cc1. The molecule has 3 N–H and O–H groups in total. The van der Waals surface area contributed by atoms with Gasteiger partial charge in [0.25, 0.3) is 0 Å². The van der Waals surface area contributed by atoms with E-state index in [2.05, 4.69) is 21.6 Å². The third kappa shape index (κ3) is 4.30. The maximum Gasteiger partial charge on any atom is 0.248 e. The number of amides is 1. The van der Waals surface area contributed by atoms with Crippen molar-refractivity contribution < 1.29 is 9.18 Å². The van der Waals surface area contributed by atoms with Crippen LogP contribution in [0.15, 0.2) is 54.6 Å². The van der Waals surface area contributed by atoms with Crippen molar-refractivity contribution in [2.75, 3.05) is 11.9 Å². The first-order valence-electron chi connectivity index (χ1n) is 8.65. The van der Waals surface area contributed by atoms with Gasteiger partial charge in [-0.05, 0) is 41.8 Å². The Morgan fingerprint density at radius 1 is 1.21 bits per heavy atom. The molecule has 0 saturated heterocycles. The number of hydrogen-bond acceptors (Lipinski definition) is 5. The molecule has 28 heavy (non-hydrogen) atoms. The zero-order chi connectivity index (χ0) is 20.1. The van der Waals surface area contributed by atoms with Crippen LogP contribution in [0.3, 0.4) is 0 Å². The van der Waals surface area contributed by atoms with Crippen LogP contribution in [-0.2, 0) is 0 Å². The van der Waals surface area contributed by atoms with Crippen LogP contribution in [0, 0.1) is 17.1 Å². The number of aromatic nitrogens is 2. The van der Waals surface area contributed by atoms with Crippen molar-refractivity contribution >= 4 is 11.7 Å². The minimum Gasteiger partial charge on any atom is -0.367 e. The highest BCUT2D eigenvalue weighted by atomic mass is 19.1. The van der Waals surface area contributed by atoms with Gasteiger partial charge in [0.2, 0.25) is 5.91 Å². The van der Waals surface area contributed by atoms with Gasteiger partial charge in [0, 0.05) is 17.7 Å². The maximum absolute atomic E-state index is 13.1. The molecule has 0 bridgehead atoms. The number of anilines is 1. The van der Waals surface area contributed by atoms with E-state index in [0.717, 1.165) is 5.56 Å². The fourth-order valence-corrected chi connectivity index (χ4v) is 2.74. The summed E-state index contributed by atoms with van der Waals surface area (Å²) in [6.07, 6.45) is 0. The molecular formula is C21H18FN5O. The van der Waals surface area contributed by atoms with Gasteiger partial charge < -0.3 is 11.1 Å². The Morgan fingerprint density at radius 3 is 2.64 bits per heavy atom. The van der Waals surface area contributed by atoms with Gasteiger partial charge in [0.1, 0.15) is 11.9 Å². The number of nitrogens with two attached hydrogens (primary N) is 1. The molecule has 3 aromatic rings. The number of nitriles is 1. The quantitative estimate of drug-likeness (QED) is 0.686. The second kappa shape index (κ2) is 8.27. The van der Waals surface area contributed by atoms with Crippen molar-refractivity contribution in [3.05, 3.63) is 77.1 Å². The van der Waals surface area contributed by atoms with Crippen molar-refractivity contribution in [3.63, 3.8) is 0 Å². The molecule has 1 heterocycles. The Hall–Kier alpha value is -3.79. The number of halogens is 1. The number of benzene rings is 2. The molecule has 0 spiro atoms. The van der Waals surface area contributed by atoms with E-state index in [1.54, 1.807) is 42.5 Å². The van der Waals surface area contributed by atoms with Crippen LogP contribution in [0.4, 0.5) is 10.2 Å². The second-order valence-electron chi connectivity index (χ2n) is 6.38. The standard InChI is InChI=1S/C21H18FN5O/c1-13(14-5-7-18(22)8-6-14)12-25-21-17(11-23)10-19(26-27-21)15-3-2-4-16(9-15)20(24)28/h2-10,13H,12H2,1H3,(H2,24,28)(H,25,27). The minimum absolute atomic E-state index is 0.0841. The number of carbonyl (C=O) groups is 1. The largest absolute Gasteiger partial charge is 0.367 e. The highest BCUT2D eigenvalue weighted by Crippen LogP contribution is 2.23. The van der Waals surface area contributed by atoms with E-state index in [1.165, 1.54) is 12.1 Å². The molecule has 0 aliphatic heterocycles. The van der Waals surface area contributed by atoms with E-state index in [9.17, 15) is 14.4 Å². The maximum atomic E-state index is 13.1. The lowest BCUT2D eigenvalue weighted by Gasteiger charge is -2.14. The highest BCUT2D eigenvalue weighted by Gasteiger charge is 2.12. The molecule has 0 saturated carbocycles. The van der Waals surface area contributed by atoms with Crippen LogP contribution >= 0.6 is 0 Å². The molecule has 1 atom stereocenters. The minimum atomic E-state index is -0.539. The van der Waals surface area contributed by atoms with Gasteiger partial charge in [-0.25, -0.2) is 4.39 Å². The van der Waals surface area contributed by atoms with E-state index in [-0.39, 0.29) is 11.7 Å². The molecule has 2 aromatic carbocycles. The van der Waals surface area contributed by atoms with E-state index in [1.807, 2.05) is 6.92 Å². The molecule has 0 aliphatic carbocycles. The number of primary amides is 1. The summed E-state index contributed by atoms with van der Waals surface area (Å²) < 4.78 is 13.1. The van der Waals surface area contributed by atoms with E-state index < -0.39 is 5.91 Å². The predicted octanol–water partition coefficient (Wildman–Crippen LogP) is 3.47. The van der Waals surface area contributed by atoms with Crippen molar-refractivity contribution in [1.29, 1.82) is 5.26 Å². The molecule has 0 aliphatic rings. The number of hydrogen-bond donors (Lipinski definition) is 2. The first kappa shape index (κ1) is 19.0. The van der Waals surface area contributed by atoms with E-state index >= 15 is 0 Å². The Balaban J connectivity index is 1.78. The van der Waals surface area contributed by atoms with Gasteiger partial charge >= 0.3 is 0 Å². The lowest BCUT2D eigenvalue weighted by Crippen LogP contribution is -2.13. The number of nitrogens with one attached hydrogen (secondary N) is 1. The molecule has 6 nitrogen and oxygen atoms in total. The first-order valence-corrected chi connectivity index (χ1v) is 8.65. The Kier molecular flexibility index (Phi) is 5.61. The summed E-state index contributed by atoms with van der Waals surface area (Å²) in [4.78, 5) is 11.3. The summed E-state index contributed by atoms with van der Waals surface area (Å²) in [6.45, 7) is 2.49.